The van der Waals surface area contributed by atoms with Crippen molar-refractivity contribution >= 4 is 0 Å². The van der Waals surface area contributed by atoms with Crippen LogP contribution in [-0.2, 0) is 9.47 Å². The molecule has 0 aromatic carbocycles. The van der Waals surface area contributed by atoms with Gasteiger partial charge in [0.1, 0.15) is 13.2 Å². The molecule has 9 heteroatoms. The Morgan fingerprint density at radius 2 is 1.24 bits per heavy atom. The molecule has 9 nitrogen and oxygen atoms in total. The number of hydrogen-bond acceptors (Lipinski definition) is 9. The summed E-state index contributed by atoms with van der Waals surface area (Å²) in [6, 6.07) is 7.95. The Morgan fingerprint density at radius 3 is 1.67 bits per heavy atom. The monoisotopic (exact) mass is 457 g/mol. The highest BCUT2D eigenvalue weighted by Gasteiger charge is 2.16. The first-order valence-corrected chi connectivity index (χ1v) is 11.8. The van der Waals surface area contributed by atoms with Crippen molar-refractivity contribution in [1.29, 1.82) is 0 Å². The van der Waals surface area contributed by atoms with Crippen molar-refractivity contribution in [3.05, 3.63) is 47.8 Å². The van der Waals surface area contributed by atoms with Crippen molar-refractivity contribution in [3.8, 4) is 11.8 Å². The third-order valence-electron chi connectivity index (χ3n) is 6.08. The average molecular weight is 458 g/mol. The van der Waals surface area contributed by atoms with Crippen LogP contribution in [0.1, 0.15) is 17.0 Å². The first kappa shape index (κ1) is 23.8. The summed E-state index contributed by atoms with van der Waals surface area (Å²) in [6.45, 7) is 10.3. The molecule has 2 aromatic rings. The zero-order valence-electron chi connectivity index (χ0n) is 19.2. The zero-order chi connectivity index (χ0) is 22.7. The van der Waals surface area contributed by atoms with Gasteiger partial charge in [0.25, 0.3) is 0 Å². The molecular weight excluding hydrogens is 422 g/mol. The maximum absolute atomic E-state index is 6.17. The second-order valence-corrected chi connectivity index (χ2v) is 8.25. The molecular formula is C24H35N5O4. The van der Waals surface area contributed by atoms with Crippen LogP contribution in [0.3, 0.4) is 0 Å². The van der Waals surface area contributed by atoms with E-state index in [4.69, 9.17) is 24.7 Å². The van der Waals surface area contributed by atoms with Gasteiger partial charge in [-0.05, 0) is 23.3 Å². The molecule has 0 atom stereocenters. The molecule has 4 heterocycles. The predicted octanol–water partition coefficient (Wildman–Crippen LogP) is 0.989. The fraction of sp³-hybridized carbons (Fsp3) is 0.583. The van der Waals surface area contributed by atoms with E-state index >= 15 is 0 Å². The van der Waals surface area contributed by atoms with E-state index in [0.717, 1.165) is 76.8 Å². The lowest BCUT2D eigenvalue weighted by Gasteiger charge is -2.26. The van der Waals surface area contributed by atoms with Crippen LogP contribution in [0.5, 0.6) is 11.8 Å². The molecule has 0 bridgehead atoms. The molecule has 2 aromatic heterocycles. The van der Waals surface area contributed by atoms with E-state index in [-0.39, 0.29) is 5.92 Å². The topological polar surface area (TPSA) is 95.2 Å². The SMILES string of the molecule is NCC(c1ccnc(OCCN2CCOCC2)c1)c1ccnc(OCCN2CCOCC2)c1. The Morgan fingerprint density at radius 1 is 0.788 bits per heavy atom. The van der Waals surface area contributed by atoms with Crippen molar-refractivity contribution < 1.29 is 18.9 Å². The molecule has 2 aliphatic heterocycles. The maximum atomic E-state index is 6.17. The highest BCUT2D eigenvalue weighted by atomic mass is 16.5. The smallest absolute Gasteiger partial charge is 0.213 e. The van der Waals surface area contributed by atoms with E-state index < -0.39 is 0 Å². The molecule has 0 aliphatic carbocycles. The van der Waals surface area contributed by atoms with Crippen LogP contribution in [0.4, 0.5) is 0 Å². The number of nitrogens with zero attached hydrogens (tertiary/aromatic N) is 4. The molecule has 0 unspecified atom stereocenters. The van der Waals surface area contributed by atoms with Crippen molar-refractivity contribution in [2.24, 2.45) is 5.73 Å². The second-order valence-electron chi connectivity index (χ2n) is 8.25. The molecule has 0 amide bonds. The highest BCUT2D eigenvalue weighted by molar-refractivity contribution is 5.36. The summed E-state index contributed by atoms with van der Waals surface area (Å²) < 4.78 is 22.6. The van der Waals surface area contributed by atoms with Crippen LogP contribution in [0, 0.1) is 0 Å². The Hall–Kier alpha value is -2.30. The van der Waals surface area contributed by atoms with Gasteiger partial charge >= 0.3 is 0 Å². The molecule has 0 saturated carbocycles. The molecule has 33 heavy (non-hydrogen) atoms. The lowest BCUT2D eigenvalue weighted by molar-refractivity contribution is 0.0319. The number of hydrogen-bond donors (Lipinski definition) is 1. The summed E-state index contributed by atoms with van der Waals surface area (Å²) in [4.78, 5) is 13.4. The van der Waals surface area contributed by atoms with Crippen molar-refractivity contribution in [3.63, 3.8) is 0 Å². The molecule has 2 N–H and O–H groups in total. The maximum Gasteiger partial charge on any atom is 0.213 e. The first-order chi connectivity index (χ1) is 16.3. The standard InChI is InChI=1S/C24H35N5O4/c25-19-22(20-1-3-26-23(17-20)32-15-9-28-5-11-30-12-6-28)21-2-4-27-24(18-21)33-16-10-29-7-13-31-14-8-29/h1-4,17-18,22H,5-16,19,25H2. The number of morpholine rings is 2. The Balaban J connectivity index is 1.32. The number of nitrogens with two attached hydrogens (primary N) is 1. The average Bonchev–Trinajstić information content (AvgIpc) is 2.86. The Bertz CT molecular complexity index is 776. The van der Waals surface area contributed by atoms with Gasteiger partial charge < -0.3 is 24.7 Å². The van der Waals surface area contributed by atoms with Gasteiger partial charge in [0.15, 0.2) is 0 Å². The minimum Gasteiger partial charge on any atom is -0.476 e. The van der Waals surface area contributed by atoms with Crippen LogP contribution in [0.15, 0.2) is 36.7 Å². The number of ether oxygens (including phenoxy) is 4. The van der Waals surface area contributed by atoms with Gasteiger partial charge in [-0.3, -0.25) is 9.80 Å². The molecule has 0 radical (unpaired) electrons. The summed E-state index contributed by atoms with van der Waals surface area (Å²) in [5.74, 6) is 1.25. The predicted molar refractivity (Wildman–Crippen MR) is 125 cm³/mol. The van der Waals surface area contributed by atoms with Gasteiger partial charge in [0.05, 0.1) is 26.4 Å². The normalized spacial score (nSPS) is 17.9. The van der Waals surface area contributed by atoms with Crippen molar-refractivity contribution in [1.82, 2.24) is 19.8 Å². The van der Waals surface area contributed by atoms with Gasteiger partial charge in [-0.15, -0.1) is 0 Å². The lowest BCUT2D eigenvalue weighted by atomic mass is 9.93. The van der Waals surface area contributed by atoms with Gasteiger partial charge in [0, 0.05) is 76.3 Å². The second kappa shape index (κ2) is 12.8. The summed E-state index contributed by atoms with van der Waals surface area (Å²) in [5.41, 5.74) is 8.31. The fourth-order valence-corrected chi connectivity index (χ4v) is 4.11. The lowest BCUT2D eigenvalue weighted by Crippen LogP contribution is -2.38. The molecule has 0 spiro atoms. The van der Waals surface area contributed by atoms with Gasteiger partial charge in [-0.25, -0.2) is 9.97 Å². The summed E-state index contributed by atoms with van der Waals surface area (Å²) >= 11 is 0. The van der Waals surface area contributed by atoms with E-state index in [9.17, 15) is 0 Å². The van der Waals surface area contributed by atoms with E-state index in [1.807, 2.05) is 24.3 Å². The third-order valence-corrected chi connectivity index (χ3v) is 6.08. The number of rotatable bonds is 11. The Kier molecular flexibility index (Phi) is 9.26. The summed E-state index contributed by atoms with van der Waals surface area (Å²) in [5, 5.41) is 0. The van der Waals surface area contributed by atoms with Crippen LogP contribution in [0.2, 0.25) is 0 Å². The first-order valence-electron chi connectivity index (χ1n) is 11.8. The van der Waals surface area contributed by atoms with Crippen molar-refractivity contribution in [2.45, 2.75) is 5.92 Å². The minimum atomic E-state index is 0.0131. The summed E-state index contributed by atoms with van der Waals surface area (Å²) in [6.07, 6.45) is 3.56. The van der Waals surface area contributed by atoms with Crippen LogP contribution < -0.4 is 15.2 Å². The number of pyridine rings is 2. The zero-order valence-corrected chi connectivity index (χ0v) is 19.2. The molecule has 4 rings (SSSR count). The van der Waals surface area contributed by atoms with Gasteiger partial charge in [-0.1, -0.05) is 0 Å². The van der Waals surface area contributed by atoms with Gasteiger partial charge in [-0.2, -0.15) is 0 Å². The summed E-state index contributed by atoms with van der Waals surface area (Å²) in [7, 11) is 0. The van der Waals surface area contributed by atoms with Crippen LogP contribution in [0.25, 0.3) is 0 Å². The minimum absolute atomic E-state index is 0.0131. The van der Waals surface area contributed by atoms with Crippen molar-refractivity contribution in [2.75, 3.05) is 85.5 Å². The van der Waals surface area contributed by atoms with E-state index in [1.165, 1.54) is 0 Å². The number of aromatic nitrogens is 2. The van der Waals surface area contributed by atoms with Crippen LogP contribution in [-0.4, -0.2) is 105 Å². The largest absolute Gasteiger partial charge is 0.476 e. The van der Waals surface area contributed by atoms with E-state index in [0.29, 0.717) is 31.5 Å². The van der Waals surface area contributed by atoms with Gasteiger partial charge in [0.2, 0.25) is 11.8 Å². The van der Waals surface area contributed by atoms with E-state index in [1.54, 1.807) is 12.4 Å². The third kappa shape index (κ3) is 7.35. The molecule has 2 fully saturated rings. The van der Waals surface area contributed by atoms with E-state index in [2.05, 4.69) is 19.8 Å². The highest BCUT2D eigenvalue weighted by Crippen LogP contribution is 2.27. The molecule has 180 valence electrons. The molecule has 2 aliphatic rings. The fourth-order valence-electron chi connectivity index (χ4n) is 4.11. The quantitative estimate of drug-likeness (QED) is 0.530. The van der Waals surface area contributed by atoms with Crippen LogP contribution >= 0.6 is 0 Å². The molecule has 2 saturated heterocycles. The Labute approximate surface area is 195 Å².